The van der Waals surface area contributed by atoms with E-state index in [1.54, 1.807) is 0 Å². The van der Waals surface area contributed by atoms with Crippen molar-refractivity contribution < 1.29 is 9.53 Å². The third-order valence-corrected chi connectivity index (χ3v) is 5.37. The highest BCUT2D eigenvalue weighted by Crippen LogP contribution is 2.36. The van der Waals surface area contributed by atoms with E-state index in [2.05, 4.69) is 31.2 Å². The molecule has 3 aromatic carbocycles. The number of carbonyl (C=O) groups is 1. The van der Waals surface area contributed by atoms with Crippen LogP contribution in [0.15, 0.2) is 84.9 Å². The van der Waals surface area contributed by atoms with E-state index in [4.69, 9.17) is 4.74 Å². The van der Waals surface area contributed by atoms with E-state index in [0.29, 0.717) is 13.0 Å². The van der Waals surface area contributed by atoms with Crippen LogP contribution < -0.4 is 9.64 Å². The summed E-state index contributed by atoms with van der Waals surface area (Å²) in [5, 5.41) is 0. The molecule has 0 fully saturated rings. The first-order valence-corrected chi connectivity index (χ1v) is 9.92. The first kappa shape index (κ1) is 18.3. The van der Waals surface area contributed by atoms with Gasteiger partial charge in [-0.3, -0.25) is 4.79 Å². The Morgan fingerprint density at radius 3 is 2.11 bits per heavy atom. The van der Waals surface area contributed by atoms with Gasteiger partial charge in [0.2, 0.25) is 5.91 Å². The van der Waals surface area contributed by atoms with Crippen LogP contribution in [0.5, 0.6) is 5.75 Å². The maximum Gasteiger partial charge on any atom is 0.228 e. The molecule has 142 valence electrons. The zero-order valence-corrected chi connectivity index (χ0v) is 16.1. The fourth-order valence-electron chi connectivity index (χ4n) is 3.83. The molecule has 1 heterocycles. The molecule has 3 heteroatoms. The molecule has 1 aliphatic heterocycles. The van der Waals surface area contributed by atoms with Gasteiger partial charge in [0.1, 0.15) is 11.9 Å². The second kappa shape index (κ2) is 8.30. The molecular weight excluding hydrogens is 346 g/mol. The molecule has 0 N–H and O–H groups in total. The van der Waals surface area contributed by atoms with Gasteiger partial charge in [-0.25, -0.2) is 0 Å². The quantitative estimate of drug-likeness (QED) is 0.600. The molecule has 0 radical (unpaired) electrons. The Bertz CT molecular complexity index is 884. The molecule has 0 aromatic heterocycles. The molecule has 1 aliphatic rings. The van der Waals surface area contributed by atoms with E-state index in [1.165, 1.54) is 0 Å². The molecule has 4 rings (SSSR count). The Balaban J connectivity index is 1.65. The molecule has 0 spiro atoms. The van der Waals surface area contributed by atoms with Crippen LogP contribution in [-0.2, 0) is 4.79 Å². The minimum Gasteiger partial charge on any atom is -0.486 e. The van der Waals surface area contributed by atoms with Crippen LogP contribution in [0.25, 0.3) is 0 Å². The molecule has 3 nitrogen and oxygen atoms in total. The first-order valence-electron chi connectivity index (χ1n) is 9.92. The van der Waals surface area contributed by atoms with Crippen molar-refractivity contribution in [2.45, 2.75) is 31.8 Å². The Morgan fingerprint density at radius 2 is 1.50 bits per heavy atom. The summed E-state index contributed by atoms with van der Waals surface area (Å²) in [5.41, 5.74) is 3.20. The van der Waals surface area contributed by atoms with Gasteiger partial charge in [-0.1, -0.05) is 79.7 Å². The SMILES string of the molecule is CCC1CN(C(=O)CC(c2ccccc2)c2ccccc2)c2ccccc2O1. The van der Waals surface area contributed by atoms with Crippen molar-refractivity contribution in [2.75, 3.05) is 11.4 Å². The van der Waals surface area contributed by atoms with Crippen molar-refractivity contribution in [2.24, 2.45) is 0 Å². The summed E-state index contributed by atoms with van der Waals surface area (Å²) in [7, 11) is 0. The number of rotatable bonds is 5. The van der Waals surface area contributed by atoms with Crippen LogP contribution in [0.3, 0.4) is 0 Å². The van der Waals surface area contributed by atoms with Crippen molar-refractivity contribution in [3.8, 4) is 5.75 Å². The predicted molar refractivity (Wildman–Crippen MR) is 113 cm³/mol. The predicted octanol–water partition coefficient (Wildman–Crippen LogP) is 5.41. The van der Waals surface area contributed by atoms with Crippen LogP contribution in [-0.4, -0.2) is 18.6 Å². The van der Waals surface area contributed by atoms with Crippen LogP contribution in [0.4, 0.5) is 5.69 Å². The number of anilines is 1. The Kier molecular flexibility index (Phi) is 5.43. The number of benzene rings is 3. The summed E-state index contributed by atoms with van der Waals surface area (Å²) in [6, 6.07) is 28.4. The van der Waals surface area contributed by atoms with Gasteiger partial charge in [-0.05, 0) is 29.7 Å². The number of ether oxygens (including phenoxy) is 1. The molecule has 0 saturated heterocycles. The lowest BCUT2D eigenvalue weighted by Crippen LogP contribution is -2.43. The zero-order chi connectivity index (χ0) is 19.3. The third kappa shape index (κ3) is 3.79. The van der Waals surface area contributed by atoms with Crippen molar-refractivity contribution >= 4 is 11.6 Å². The molecular formula is C25H25NO2. The summed E-state index contributed by atoms with van der Waals surface area (Å²) in [5.74, 6) is 0.960. The van der Waals surface area contributed by atoms with E-state index in [9.17, 15) is 4.79 Å². The zero-order valence-electron chi connectivity index (χ0n) is 16.1. The molecule has 1 unspecified atom stereocenters. The number of hydrogen-bond donors (Lipinski definition) is 0. The number of para-hydroxylation sites is 2. The Labute approximate surface area is 166 Å². The molecule has 1 atom stereocenters. The maximum atomic E-state index is 13.4. The highest BCUT2D eigenvalue weighted by molar-refractivity contribution is 5.96. The monoisotopic (exact) mass is 371 g/mol. The normalized spacial score (nSPS) is 15.8. The van der Waals surface area contributed by atoms with Gasteiger partial charge in [-0.2, -0.15) is 0 Å². The van der Waals surface area contributed by atoms with Crippen LogP contribution in [0.1, 0.15) is 36.8 Å². The Hall–Kier alpha value is -3.07. The summed E-state index contributed by atoms with van der Waals surface area (Å²) in [6.07, 6.45) is 1.34. The molecule has 28 heavy (non-hydrogen) atoms. The minimum absolute atomic E-state index is 0.0324. The first-order chi connectivity index (χ1) is 13.8. The third-order valence-electron chi connectivity index (χ3n) is 5.37. The maximum absolute atomic E-state index is 13.4. The second-order valence-electron chi connectivity index (χ2n) is 7.20. The highest BCUT2D eigenvalue weighted by atomic mass is 16.5. The number of nitrogens with zero attached hydrogens (tertiary/aromatic N) is 1. The second-order valence-corrected chi connectivity index (χ2v) is 7.20. The number of carbonyl (C=O) groups excluding carboxylic acids is 1. The molecule has 0 aliphatic carbocycles. The van der Waals surface area contributed by atoms with E-state index in [-0.39, 0.29) is 17.9 Å². The van der Waals surface area contributed by atoms with Crippen molar-refractivity contribution in [1.82, 2.24) is 0 Å². The van der Waals surface area contributed by atoms with E-state index >= 15 is 0 Å². The number of hydrogen-bond acceptors (Lipinski definition) is 2. The standard InChI is InChI=1S/C25H25NO2/c1-2-21-18-26(23-15-9-10-16-24(23)28-21)25(27)17-22(19-11-5-3-6-12-19)20-13-7-4-8-14-20/h3-16,21-22H,2,17-18H2,1H3. The van der Waals surface area contributed by atoms with Crippen molar-refractivity contribution in [3.05, 3.63) is 96.1 Å². The van der Waals surface area contributed by atoms with Gasteiger partial charge in [0.05, 0.1) is 12.2 Å². The molecule has 0 saturated carbocycles. The van der Waals surface area contributed by atoms with Crippen LogP contribution >= 0.6 is 0 Å². The van der Waals surface area contributed by atoms with Gasteiger partial charge in [-0.15, -0.1) is 0 Å². The highest BCUT2D eigenvalue weighted by Gasteiger charge is 2.30. The lowest BCUT2D eigenvalue weighted by Gasteiger charge is -2.35. The van der Waals surface area contributed by atoms with E-state index in [0.717, 1.165) is 29.0 Å². The average molecular weight is 371 g/mol. The number of amides is 1. The van der Waals surface area contributed by atoms with Crippen molar-refractivity contribution in [1.29, 1.82) is 0 Å². The van der Waals surface area contributed by atoms with E-state index in [1.807, 2.05) is 65.6 Å². The summed E-state index contributed by atoms with van der Waals surface area (Å²) in [6.45, 7) is 2.70. The van der Waals surface area contributed by atoms with E-state index < -0.39 is 0 Å². The van der Waals surface area contributed by atoms with Gasteiger partial charge in [0, 0.05) is 12.3 Å². The fraction of sp³-hybridized carbons (Fsp3) is 0.240. The summed E-state index contributed by atoms with van der Waals surface area (Å²) >= 11 is 0. The molecule has 3 aromatic rings. The van der Waals surface area contributed by atoms with Crippen LogP contribution in [0.2, 0.25) is 0 Å². The lowest BCUT2D eigenvalue weighted by atomic mass is 9.88. The van der Waals surface area contributed by atoms with Crippen molar-refractivity contribution in [3.63, 3.8) is 0 Å². The molecule has 1 amide bonds. The Morgan fingerprint density at radius 1 is 0.929 bits per heavy atom. The lowest BCUT2D eigenvalue weighted by molar-refractivity contribution is -0.119. The summed E-state index contributed by atoms with van der Waals surface area (Å²) in [4.78, 5) is 15.4. The largest absolute Gasteiger partial charge is 0.486 e. The topological polar surface area (TPSA) is 29.5 Å². The van der Waals surface area contributed by atoms with Gasteiger partial charge in [0.15, 0.2) is 0 Å². The van der Waals surface area contributed by atoms with Gasteiger partial charge >= 0.3 is 0 Å². The molecule has 0 bridgehead atoms. The summed E-state index contributed by atoms with van der Waals surface area (Å²) < 4.78 is 6.04. The average Bonchev–Trinajstić information content (AvgIpc) is 2.77. The van der Waals surface area contributed by atoms with Crippen LogP contribution in [0, 0.1) is 0 Å². The smallest absolute Gasteiger partial charge is 0.228 e. The van der Waals surface area contributed by atoms with Gasteiger partial charge in [0.25, 0.3) is 0 Å². The minimum atomic E-state index is 0.0324. The fourth-order valence-corrected chi connectivity index (χ4v) is 3.83. The number of fused-ring (bicyclic) bond motifs is 1. The van der Waals surface area contributed by atoms with Gasteiger partial charge < -0.3 is 9.64 Å².